The molecule has 0 aliphatic heterocycles. The molecular formula is C11H17FN4O. The van der Waals surface area contributed by atoms with Gasteiger partial charge < -0.3 is 16.0 Å². The number of carbonyl (C=O) groups excluding carboxylic acids is 1. The van der Waals surface area contributed by atoms with Gasteiger partial charge in [0.05, 0.1) is 11.8 Å². The van der Waals surface area contributed by atoms with Gasteiger partial charge in [0, 0.05) is 13.1 Å². The monoisotopic (exact) mass is 240 g/mol. The van der Waals surface area contributed by atoms with E-state index in [4.69, 9.17) is 5.73 Å². The molecule has 0 bridgehead atoms. The fourth-order valence-electron chi connectivity index (χ4n) is 1.25. The molecule has 1 aromatic rings. The molecule has 3 N–H and O–H groups in total. The quantitative estimate of drug-likeness (QED) is 0.785. The fourth-order valence-corrected chi connectivity index (χ4v) is 1.25. The second kappa shape index (κ2) is 6.15. The third-order valence-corrected chi connectivity index (χ3v) is 2.45. The Morgan fingerprint density at radius 1 is 1.65 bits per heavy atom. The molecule has 0 atom stereocenters. The van der Waals surface area contributed by atoms with E-state index in [9.17, 15) is 9.18 Å². The Labute approximate surface area is 99.8 Å². The van der Waals surface area contributed by atoms with Gasteiger partial charge in [-0.25, -0.2) is 9.37 Å². The van der Waals surface area contributed by atoms with E-state index in [0.29, 0.717) is 6.54 Å². The van der Waals surface area contributed by atoms with Crippen LogP contribution in [0, 0.1) is 5.82 Å². The predicted octanol–water partition coefficient (Wildman–Crippen LogP) is 0.484. The van der Waals surface area contributed by atoms with Crippen LogP contribution in [-0.4, -0.2) is 42.5 Å². The molecule has 1 aromatic heterocycles. The first-order valence-corrected chi connectivity index (χ1v) is 5.42. The summed E-state index contributed by atoms with van der Waals surface area (Å²) in [5.74, 6) is -0.943. The molecule has 1 amide bonds. The number of nitrogens with one attached hydrogen (secondary N) is 1. The number of aromatic nitrogens is 1. The summed E-state index contributed by atoms with van der Waals surface area (Å²) in [5.41, 5.74) is 5.57. The van der Waals surface area contributed by atoms with Crippen LogP contribution in [0.1, 0.15) is 17.3 Å². The van der Waals surface area contributed by atoms with E-state index in [1.54, 1.807) is 0 Å². The first-order valence-electron chi connectivity index (χ1n) is 5.42. The maximum Gasteiger partial charge on any atom is 0.255 e. The minimum absolute atomic E-state index is 0.0350. The summed E-state index contributed by atoms with van der Waals surface area (Å²) >= 11 is 0. The Bertz CT molecular complexity index is 397. The summed E-state index contributed by atoms with van der Waals surface area (Å²) in [4.78, 5) is 17.3. The van der Waals surface area contributed by atoms with E-state index < -0.39 is 11.7 Å². The van der Waals surface area contributed by atoms with Gasteiger partial charge in [0.1, 0.15) is 11.6 Å². The van der Waals surface area contributed by atoms with E-state index in [1.165, 1.54) is 0 Å². The normalized spacial score (nSPS) is 10.6. The lowest BCUT2D eigenvalue weighted by Gasteiger charge is -2.14. The number of halogens is 1. The number of likely N-dealkylation sites (N-methyl/N-ethyl adjacent to an activating group) is 1. The summed E-state index contributed by atoms with van der Waals surface area (Å²) in [6.07, 6.45) is 0.983. The van der Waals surface area contributed by atoms with Crippen molar-refractivity contribution in [2.45, 2.75) is 6.92 Å². The molecule has 94 valence electrons. The van der Waals surface area contributed by atoms with Crippen LogP contribution in [0.15, 0.2) is 12.3 Å². The van der Waals surface area contributed by atoms with Crippen LogP contribution in [0.3, 0.4) is 0 Å². The Morgan fingerprint density at radius 2 is 2.35 bits per heavy atom. The maximum absolute atomic E-state index is 12.9. The van der Waals surface area contributed by atoms with Gasteiger partial charge >= 0.3 is 0 Å². The summed E-state index contributed by atoms with van der Waals surface area (Å²) < 4.78 is 12.9. The van der Waals surface area contributed by atoms with Crippen LogP contribution < -0.4 is 11.1 Å². The lowest BCUT2D eigenvalue weighted by Crippen LogP contribution is -2.33. The Balaban J connectivity index is 2.55. The topological polar surface area (TPSA) is 71.2 Å². The second-order valence-electron chi connectivity index (χ2n) is 3.74. The molecule has 0 unspecified atom stereocenters. The number of carbonyl (C=O) groups is 1. The summed E-state index contributed by atoms with van der Waals surface area (Å²) in [7, 11) is 1.95. The van der Waals surface area contributed by atoms with Gasteiger partial charge in [0.2, 0.25) is 0 Å². The van der Waals surface area contributed by atoms with Gasteiger partial charge in [-0.15, -0.1) is 0 Å². The molecule has 0 aliphatic rings. The molecule has 0 aliphatic carbocycles. The number of hydrogen-bond acceptors (Lipinski definition) is 4. The van der Waals surface area contributed by atoms with Crippen molar-refractivity contribution in [3.05, 3.63) is 23.6 Å². The van der Waals surface area contributed by atoms with Crippen molar-refractivity contribution in [3.8, 4) is 0 Å². The van der Waals surface area contributed by atoms with Crippen molar-refractivity contribution in [2.75, 3.05) is 32.4 Å². The van der Waals surface area contributed by atoms with Crippen molar-refractivity contribution in [3.63, 3.8) is 0 Å². The van der Waals surface area contributed by atoms with E-state index in [1.807, 2.05) is 18.9 Å². The molecule has 0 spiro atoms. The molecule has 0 saturated heterocycles. The van der Waals surface area contributed by atoms with E-state index >= 15 is 0 Å². The predicted molar refractivity (Wildman–Crippen MR) is 64.1 cm³/mol. The highest BCUT2D eigenvalue weighted by molar-refractivity contribution is 5.98. The van der Waals surface area contributed by atoms with Crippen LogP contribution >= 0.6 is 0 Å². The molecular weight excluding hydrogens is 223 g/mol. The number of nitrogens with zero attached hydrogens (tertiary/aromatic N) is 2. The standard InChI is InChI=1S/C11H17FN4O/c1-3-16(2)5-4-14-11(17)9-6-8(12)7-15-10(9)13/h6-7H,3-5H2,1-2H3,(H2,13,15)(H,14,17). The van der Waals surface area contributed by atoms with Crippen LogP contribution in [0.25, 0.3) is 0 Å². The molecule has 0 fully saturated rings. The number of anilines is 1. The van der Waals surface area contributed by atoms with Crippen LogP contribution in [0.5, 0.6) is 0 Å². The number of rotatable bonds is 5. The number of nitrogens with two attached hydrogens (primary N) is 1. The Kier molecular flexibility index (Phi) is 4.84. The number of hydrogen-bond donors (Lipinski definition) is 2. The zero-order valence-electron chi connectivity index (χ0n) is 10.0. The maximum atomic E-state index is 12.9. The third kappa shape index (κ3) is 3.99. The average molecular weight is 240 g/mol. The molecule has 1 heterocycles. The summed E-state index contributed by atoms with van der Waals surface area (Å²) in [6.45, 7) is 4.14. The van der Waals surface area contributed by atoms with Crippen molar-refractivity contribution in [2.24, 2.45) is 0 Å². The summed E-state index contributed by atoms with van der Waals surface area (Å²) in [6, 6.07) is 1.08. The highest BCUT2D eigenvalue weighted by Crippen LogP contribution is 2.09. The van der Waals surface area contributed by atoms with E-state index in [0.717, 1.165) is 25.4 Å². The summed E-state index contributed by atoms with van der Waals surface area (Å²) in [5, 5.41) is 2.66. The zero-order chi connectivity index (χ0) is 12.8. The van der Waals surface area contributed by atoms with Gasteiger partial charge in [0.25, 0.3) is 5.91 Å². The number of amides is 1. The minimum atomic E-state index is -0.574. The molecule has 0 aromatic carbocycles. The van der Waals surface area contributed by atoms with Gasteiger partial charge in [-0.1, -0.05) is 6.92 Å². The minimum Gasteiger partial charge on any atom is -0.383 e. The Hall–Kier alpha value is -1.69. The smallest absolute Gasteiger partial charge is 0.255 e. The second-order valence-corrected chi connectivity index (χ2v) is 3.74. The van der Waals surface area contributed by atoms with Crippen molar-refractivity contribution >= 4 is 11.7 Å². The fraction of sp³-hybridized carbons (Fsp3) is 0.455. The van der Waals surface area contributed by atoms with E-state index in [-0.39, 0.29) is 11.4 Å². The zero-order valence-corrected chi connectivity index (χ0v) is 10.0. The Morgan fingerprint density at radius 3 is 3.00 bits per heavy atom. The van der Waals surface area contributed by atoms with Crippen molar-refractivity contribution in [1.29, 1.82) is 0 Å². The molecule has 6 heteroatoms. The van der Waals surface area contributed by atoms with Crippen LogP contribution in [0.4, 0.5) is 10.2 Å². The van der Waals surface area contributed by atoms with Gasteiger partial charge in [-0.05, 0) is 19.7 Å². The van der Waals surface area contributed by atoms with Crippen molar-refractivity contribution in [1.82, 2.24) is 15.2 Å². The SMILES string of the molecule is CCN(C)CCNC(=O)c1cc(F)cnc1N. The number of pyridine rings is 1. The number of nitrogen functional groups attached to an aromatic ring is 1. The van der Waals surface area contributed by atoms with Gasteiger partial charge in [-0.3, -0.25) is 4.79 Å². The molecule has 0 radical (unpaired) electrons. The third-order valence-electron chi connectivity index (χ3n) is 2.45. The van der Waals surface area contributed by atoms with Gasteiger partial charge in [0.15, 0.2) is 0 Å². The highest BCUT2D eigenvalue weighted by Gasteiger charge is 2.11. The largest absolute Gasteiger partial charge is 0.383 e. The molecule has 1 rings (SSSR count). The first kappa shape index (κ1) is 13.4. The highest BCUT2D eigenvalue weighted by atomic mass is 19.1. The van der Waals surface area contributed by atoms with Gasteiger partial charge in [-0.2, -0.15) is 0 Å². The first-order chi connectivity index (χ1) is 8.04. The molecule has 5 nitrogen and oxygen atoms in total. The van der Waals surface area contributed by atoms with Crippen molar-refractivity contribution < 1.29 is 9.18 Å². The lowest BCUT2D eigenvalue weighted by molar-refractivity contribution is 0.0950. The van der Waals surface area contributed by atoms with E-state index in [2.05, 4.69) is 10.3 Å². The van der Waals surface area contributed by atoms with Crippen LogP contribution in [-0.2, 0) is 0 Å². The van der Waals surface area contributed by atoms with Crippen LogP contribution in [0.2, 0.25) is 0 Å². The molecule has 17 heavy (non-hydrogen) atoms. The lowest BCUT2D eigenvalue weighted by atomic mass is 10.2. The molecule has 0 saturated carbocycles. The average Bonchev–Trinajstić information content (AvgIpc) is 2.31.